The van der Waals surface area contributed by atoms with Gasteiger partial charge in [-0.15, -0.1) is 4.68 Å². The molecular formula is C24H29F4N4O2S+. The summed E-state index contributed by atoms with van der Waals surface area (Å²) in [4.78, 5) is 0. The lowest BCUT2D eigenvalue weighted by atomic mass is 9.93. The van der Waals surface area contributed by atoms with E-state index < -0.39 is 28.5 Å². The van der Waals surface area contributed by atoms with Crippen LogP contribution in [0, 0.1) is 5.82 Å². The number of rotatable bonds is 10. The molecule has 11 heteroatoms. The van der Waals surface area contributed by atoms with Gasteiger partial charge in [0.2, 0.25) is 5.69 Å². The zero-order valence-electron chi connectivity index (χ0n) is 19.7. The molecular weight excluding hydrogens is 484 g/mol. The number of hydrogen-bond acceptors (Lipinski definition) is 2. The number of benzene rings is 2. The normalized spacial score (nSPS) is 12.8. The molecule has 0 radical (unpaired) electrons. The zero-order valence-corrected chi connectivity index (χ0v) is 20.5. The third-order valence-corrected chi connectivity index (χ3v) is 6.86. The molecule has 6 nitrogen and oxygen atoms in total. The van der Waals surface area contributed by atoms with E-state index in [-0.39, 0.29) is 5.82 Å². The summed E-state index contributed by atoms with van der Waals surface area (Å²) in [5, 5.41) is 3.34. The Balaban J connectivity index is 1.79. The van der Waals surface area contributed by atoms with E-state index in [1.54, 1.807) is 44.2 Å². The van der Waals surface area contributed by atoms with Gasteiger partial charge in [0.05, 0.1) is 5.54 Å². The zero-order chi connectivity index (χ0) is 25.9. The van der Waals surface area contributed by atoms with Crippen molar-refractivity contribution in [2.24, 2.45) is 0 Å². The van der Waals surface area contributed by atoms with E-state index in [0.29, 0.717) is 12.1 Å². The van der Waals surface area contributed by atoms with Crippen molar-refractivity contribution in [3.63, 3.8) is 0 Å². The highest BCUT2D eigenvalue weighted by atomic mass is 32.2. The topological polar surface area (TPSA) is 77.9 Å². The molecule has 3 aromatic rings. The minimum atomic E-state index is -4.66. The summed E-state index contributed by atoms with van der Waals surface area (Å²) in [6.07, 6.45) is -3.20. The van der Waals surface area contributed by atoms with Crippen molar-refractivity contribution in [1.82, 2.24) is 14.5 Å². The Bertz CT molecular complexity index is 1250. The fourth-order valence-corrected chi connectivity index (χ4v) is 4.95. The van der Waals surface area contributed by atoms with Crippen LogP contribution < -0.4 is 14.1 Å². The lowest BCUT2D eigenvalue weighted by molar-refractivity contribution is -0.752. The van der Waals surface area contributed by atoms with E-state index in [2.05, 4.69) is 9.82 Å². The molecule has 0 spiro atoms. The fourth-order valence-electron chi connectivity index (χ4n) is 3.74. The van der Waals surface area contributed by atoms with Gasteiger partial charge in [-0.1, -0.05) is 30.3 Å². The molecule has 1 aromatic heterocycles. The molecule has 190 valence electrons. The van der Waals surface area contributed by atoms with E-state index >= 15 is 0 Å². The number of H-pyrrole nitrogens is 1. The highest BCUT2D eigenvalue weighted by molar-refractivity contribution is 7.87. The summed E-state index contributed by atoms with van der Waals surface area (Å²) in [5.74, 6) is -0.275. The average Bonchev–Trinajstić information content (AvgIpc) is 3.20. The van der Waals surface area contributed by atoms with Crippen LogP contribution in [-0.4, -0.2) is 26.2 Å². The van der Waals surface area contributed by atoms with E-state index in [1.807, 2.05) is 23.7 Å². The number of aromatic amines is 1. The first kappa shape index (κ1) is 26.8. The largest absolute Gasteiger partial charge is 0.402 e. The van der Waals surface area contributed by atoms with E-state index in [4.69, 9.17) is 0 Å². The molecule has 0 saturated carbocycles. The van der Waals surface area contributed by atoms with E-state index in [9.17, 15) is 26.0 Å². The van der Waals surface area contributed by atoms with Crippen LogP contribution in [0.4, 0.5) is 17.6 Å². The second-order valence-corrected chi connectivity index (χ2v) is 10.3. The molecule has 0 aliphatic rings. The Labute approximate surface area is 202 Å². The smallest absolute Gasteiger partial charge is 0.207 e. The Morgan fingerprint density at radius 3 is 2.31 bits per heavy atom. The first-order valence-corrected chi connectivity index (χ1v) is 12.6. The van der Waals surface area contributed by atoms with Crippen molar-refractivity contribution >= 4 is 10.2 Å². The summed E-state index contributed by atoms with van der Waals surface area (Å²) in [6.45, 7) is 4.21. The van der Waals surface area contributed by atoms with Crippen LogP contribution in [-0.2, 0) is 35.1 Å². The van der Waals surface area contributed by atoms with Crippen LogP contribution in [0.15, 0.2) is 54.6 Å². The van der Waals surface area contributed by atoms with Crippen LogP contribution >= 0.6 is 0 Å². The first-order valence-electron chi connectivity index (χ1n) is 11.1. The van der Waals surface area contributed by atoms with Crippen LogP contribution in [0.1, 0.15) is 37.6 Å². The number of nitrogens with one attached hydrogen (secondary N) is 3. The molecule has 1 heterocycles. The SMILES string of the molecule is CC[n+]1[nH]c(-c2cccc(C(C)(C)NS(=O)(=O)NCC(F)(F)F)c2)cc1CCc1ccc(F)cc1. The van der Waals surface area contributed by atoms with Gasteiger partial charge in [0.25, 0.3) is 10.2 Å². The number of hydrogen-bond donors (Lipinski definition) is 3. The molecule has 0 unspecified atom stereocenters. The summed E-state index contributed by atoms with van der Waals surface area (Å²) >= 11 is 0. The maximum absolute atomic E-state index is 13.2. The number of halogens is 4. The fraction of sp³-hybridized carbons (Fsp3) is 0.375. The van der Waals surface area contributed by atoms with Gasteiger partial charge in [0.1, 0.15) is 18.1 Å². The molecule has 0 aliphatic carbocycles. The van der Waals surface area contributed by atoms with Crippen LogP contribution in [0.2, 0.25) is 0 Å². The Hall–Kier alpha value is -2.76. The number of nitrogens with zero attached hydrogens (tertiary/aromatic N) is 1. The minimum Gasteiger partial charge on any atom is -0.207 e. The summed E-state index contributed by atoms with van der Waals surface area (Å²) < 4.78 is 80.6. The van der Waals surface area contributed by atoms with Gasteiger partial charge in [0.15, 0.2) is 6.54 Å². The maximum atomic E-state index is 13.2. The molecule has 0 amide bonds. The quantitative estimate of drug-likeness (QED) is 0.282. The molecule has 35 heavy (non-hydrogen) atoms. The van der Waals surface area contributed by atoms with Gasteiger partial charge in [0, 0.05) is 18.1 Å². The molecule has 0 bridgehead atoms. The molecule has 0 fully saturated rings. The first-order chi connectivity index (χ1) is 16.3. The lowest BCUT2D eigenvalue weighted by Crippen LogP contribution is -2.48. The minimum absolute atomic E-state index is 0.275. The van der Waals surface area contributed by atoms with Crippen molar-refractivity contribution in [1.29, 1.82) is 0 Å². The third kappa shape index (κ3) is 7.61. The standard InChI is InChI=1S/C24H28F4N4O2S/c1-4-32-21(13-10-17-8-11-20(25)12-9-17)15-22(30-32)18-6-5-7-19(14-18)23(2,3)31-35(33,34)29-16-24(26,27)28/h5-9,11-12,14-15,29,31H,4,10,13,16H2,1-3H3/p+1. The number of aromatic nitrogens is 2. The monoisotopic (exact) mass is 513 g/mol. The third-order valence-electron chi connectivity index (χ3n) is 5.56. The Kier molecular flexibility index (Phi) is 8.03. The maximum Gasteiger partial charge on any atom is 0.402 e. The summed E-state index contributed by atoms with van der Waals surface area (Å²) in [7, 11) is -4.40. The highest BCUT2D eigenvalue weighted by Crippen LogP contribution is 2.26. The number of aryl methyl sites for hydroxylation is 3. The predicted molar refractivity (Wildman–Crippen MR) is 125 cm³/mol. The van der Waals surface area contributed by atoms with Crippen LogP contribution in [0.3, 0.4) is 0 Å². The number of alkyl halides is 3. The van der Waals surface area contributed by atoms with Gasteiger partial charge >= 0.3 is 6.18 Å². The van der Waals surface area contributed by atoms with E-state index in [1.165, 1.54) is 16.9 Å². The molecule has 0 saturated heterocycles. The molecule has 0 atom stereocenters. The molecule has 3 N–H and O–H groups in total. The average molecular weight is 514 g/mol. The van der Waals surface area contributed by atoms with Gasteiger partial charge < -0.3 is 0 Å². The van der Waals surface area contributed by atoms with Crippen LogP contribution in [0.5, 0.6) is 0 Å². The summed E-state index contributed by atoms with van der Waals surface area (Å²) in [5.41, 5.74) is 3.09. The summed E-state index contributed by atoms with van der Waals surface area (Å²) in [6, 6.07) is 15.5. The Morgan fingerprint density at radius 1 is 1.00 bits per heavy atom. The van der Waals surface area contributed by atoms with Crippen molar-refractivity contribution in [2.75, 3.05) is 6.54 Å². The second-order valence-electron chi connectivity index (χ2n) is 8.78. The van der Waals surface area contributed by atoms with E-state index in [0.717, 1.165) is 35.4 Å². The Morgan fingerprint density at radius 2 is 1.69 bits per heavy atom. The molecule has 3 rings (SSSR count). The van der Waals surface area contributed by atoms with Crippen molar-refractivity contribution in [3.8, 4) is 11.3 Å². The predicted octanol–water partition coefficient (Wildman–Crippen LogP) is 4.13. The second kappa shape index (κ2) is 10.5. The van der Waals surface area contributed by atoms with Gasteiger partial charge in [-0.2, -0.15) is 36.1 Å². The van der Waals surface area contributed by atoms with Crippen molar-refractivity contribution in [3.05, 3.63) is 77.2 Å². The van der Waals surface area contributed by atoms with Gasteiger partial charge in [-0.3, -0.25) is 0 Å². The van der Waals surface area contributed by atoms with Crippen LogP contribution in [0.25, 0.3) is 11.3 Å². The van der Waals surface area contributed by atoms with Crippen molar-refractivity contribution in [2.45, 2.75) is 51.9 Å². The molecule has 2 aromatic carbocycles. The lowest BCUT2D eigenvalue weighted by Gasteiger charge is -2.27. The van der Waals surface area contributed by atoms with Gasteiger partial charge in [-0.25, -0.2) is 4.39 Å². The van der Waals surface area contributed by atoms with Crippen molar-refractivity contribution < 1.29 is 30.7 Å². The van der Waals surface area contributed by atoms with Gasteiger partial charge in [-0.05, 0) is 56.5 Å². The molecule has 0 aliphatic heterocycles. The highest BCUT2D eigenvalue weighted by Gasteiger charge is 2.32.